The minimum absolute atomic E-state index is 0.0131. The normalized spacial score (nSPS) is 18.8. The van der Waals surface area contributed by atoms with Gasteiger partial charge in [-0.1, -0.05) is 11.6 Å². The fraction of sp³-hybridized carbons (Fsp3) is 0.333. The molecule has 0 bridgehead atoms. The van der Waals surface area contributed by atoms with Crippen LogP contribution in [0.2, 0.25) is 5.02 Å². The molecule has 0 radical (unpaired) electrons. The van der Waals surface area contributed by atoms with Gasteiger partial charge in [-0.15, -0.1) is 0 Å². The van der Waals surface area contributed by atoms with Gasteiger partial charge in [0.2, 0.25) is 5.91 Å². The van der Waals surface area contributed by atoms with Crippen LogP contribution in [-0.4, -0.2) is 57.9 Å². The van der Waals surface area contributed by atoms with E-state index in [1.807, 2.05) is 0 Å². The number of fused-ring (bicyclic) bond motifs is 1. The molecular formula is C21H21ClFN3O7S. The smallest absolute Gasteiger partial charge is 0.409 e. The van der Waals surface area contributed by atoms with Crippen molar-refractivity contribution in [1.82, 2.24) is 5.32 Å². The van der Waals surface area contributed by atoms with Crippen LogP contribution >= 0.6 is 11.6 Å². The number of benzene rings is 2. The van der Waals surface area contributed by atoms with Gasteiger partial charge >= 0.3 is 6.09 Å². The Morgan fingerprint density at radius 2 is 2.00 bits per heavy atom. The first-order valence-corrected chi connectivity index (χ1v) is 12.0. The number of carbonyl (C=O) groups is 2. The molecular weight excluding hydrogens is 493 g/mol. The minimum atomic E-state index is -4.26. The van der Waals surface area contributed by atoms with Crippen molar-refractivity contribution in [2.45, 2.75) is 17.9 Å². The summed E-state index contributed by atoms with van der Waals surface area (Å²) in [5, 5.41) is 13.6. The number of sulfonamides is 1. The molecule has 2 amide bonds. The van der Waals surface area contributed by atoms with Crippen LogP contribution in [0.15, 0.2) is 41.3 Å². The van der Waals surface area contributed by atoms with Crippen LogP contribution < -0.4 is 19.7 Å². The molecule has 2 aliphatic rings. The third kappa shape index (κ3) is 4.61. The number of hydrogen-bond donors (Lipinski definition) is 3. The molecule has 0 aromatic heterocycles. The van der Waals surface area contributed by atoms with E-state index in [2.05, 4.69) is 10.6 Å². The van der Waals surface area contributed by atoms with Crippen LogP contribution in [0.4, 0.5) is 20.6 Å². The topological polar surface area (TPSA) is 134 Å². The van der Waals surface area contributed by atoms with E-state index in [9.17, 15) is 22.4 Å². The SMILES string of the molecule is CC1(C(=O)NCC2CN(S(=O)(=O)c3ccc(F)c(Cl)c3)c3cc(NC(=O)O)ccc3O2)COC1. The van der Waals surface area contributed by atoms with Gasteiger partial charge in [-0.25, -0.2) is 17.6 Å². The summed E-state index contributed by atoms with van der Waals surface area (Å²) in [6.07, 6.45) is -2.09. The van der Waals surface area contributed by atoms with E-state index < -0.39 is 33.5 Å². The highest BCUT2D eigenvalue weighted by Crippen LogP contribution is 2.39. The van der Waals surface area contributed by atoms with Gasteiger partial charge in [0.15, 0.2) is 0 Å². The van der Waals surface area contributed by atoms with E-state index >= 15 is 0 Å². The van der Waals surface area contributed by atoms with Crippen molar-refractivity contribution in [3.63, 3.8) is 0 Å². The summed E-state index contributed by atoms with van der Waals surface area (Å²) in [5.74, 6) is -0.852. The zero-order valence-electron chi connectivity index (χ0n) is 17.9. The van der Waals surface area contributed by atoms with E-state index in [1.54, 1.807) is 6.92 Å². The molecule has 0 spiro atoms. The fourth-order valence-electron chi connectivity index (χ4n) is 3.57. The van der Waals surface area contributed by atoms with E-state index in [4.69, 9.17) is 26.2 Å². The molecule has 2 aromatic rings. The highest BCUT2D eigenvalue weighted by molar-refractivity contribution is 7.92. The number of ether oxygens (including phenoxy) is 2. The lowest BCUT2D eigenvalue weighted by Gasteiger charge is -2.38. The molecule has 2 heterocycles. The van der Waals surface area contributed by atoms with Crippen LogP contribution in [0.25, 0.3) is 0 Å². The zero-order valence-corrected chi connectivity index (χ0v) is 19.5. The van der Waals surface area contributed by atoms with Gasteiger partial charge in [-0.3, -0.25) is 14.4 Å². The molecule has 0 saturated carbocycles. The van der Waals surface area contributed by atoms with Gasteiger partial charge in [0.1, 0.15) is 17.7 Å². The summed E-state index contributed by atoms with van der Waals surface area (Å²) in [6, 6.07) is 7.18. The molecule has 10 nitrogen and oxygen atoms in total. The molecule has 13 heteroatoms. The molecule has 0 aliphatic carbocycles. The van der Waals surface area contributed by atoms with Crippen LogP contribution in [0.3, 0.4) is 0 Å². The number of amides is 2. The Labute approximate surface area is 199 Å². The lowest BCUT2D eigenvalue weighted by atomic mass is 9.87. The maximum Gasteiger partial charge on any atom is 0.409 e. The highest BCUT2D eigenvalue weighted by Gasteiger charge is 2.42. The molecule has 1 unspecified atom stereocenters. The maximum absolute atomic E-state index is 13.6. The largest absolute Gasteiger partial charge is 0.484 e. The molecule has 1 fully saturated rings. The van der Waals surface area contributed by atoms with Crippen LogP contribution in [0.1, 0.15) is 6.92 Å². The Morgan fingerprint density at radius 3 is 2.62 bits per heavy atom. The average Bonchev–Trinajstić information content (AvgIpc) is 2.76. The van der Waals surface area contributed by atoms with Crippen molar-refractivity contribution >= 4 is 45.0 Å². The number of rotatable bonds is 6. The first-order valence-electron chi connectivity index (χ1n) is 10.1. The third-order valence-corrected chi connectivity index (χ3v) is 7.57. The molecule has 2 aliphatic heterocycles. The molecule has 4 rings (SSSR count). The molecule has 1 atom stereocenters. The van der Waals surface area contributed by atoms with Gasteiger partial charge in [0, 0.05) is 5.69 Å². The Bertz CT molecular complexity index is 1250. The third-order valence-electron chi connectivity index (χ3n) is 5.50. The van der Waals surface area contributed by atoms with Crippen LogP contribution in [0.5, 0.6) is 5.75 Å². The summed E-state index contributed by atoms with van der Waals surface area (Å²) >= 11 is 5.80. The highest BCUT2D eigenvalue weighted by atomic mass is 35.5. The summed E-state index contributed by atoms with van der Waals surface area (Å²) in [4.78, 5) is 23.2. The predicted molar refractivity (Wildman–Crippen MR) is 120 cm³/mol. The number of hydrogen-bond acceptors (Lipinski definition) is 6. The van der Waals surface area contributed by atoms with Gasteiger partial charge in [0.05, 0.1) is 47.3 Å². The van der Waals surface area contributed by atoms with E-state index in [0.29, 0.717) is 13.2 Å². The second-order valence-corrected chi connectivity index (χ2v) is 10.5. The Hall–Kier alpha value is -3.09. The Morgan fingerprint density at radius 1 is 1.26 bits per heavy atom. The van der Waals surface area contributed by atoms with Crippen molar-refractivity contribution in [1.29, 1.82) is 0 Å². The number of anilines is 2. The summed E-state index contributed by atoms with van der Waals surface area (Å²) in [7, 11) is -4.26. The van der Waals surface area contributed by atoms with Crippen molar-refractivity contribution in [2.75, 3.05) is 35.9 Å². The van der Waals surface area contributed by atoms with E-state index in [0.717, 1.165) is 22.5 Å². The number of carbonyl (C=O) groups excluding carboxylic acids is 1. The lowest BCUT2D eigenvalue weighted by Crippen LogP contribution is -2.55. The van der Waals surface area contributed by atoms with Gasteiger partial charge in [-0.05, 0) is 43.3 Å². The van der Waals surface area contributed by atoms with Gasteiger partial charge < -0.3 is 19.9 Å². The Kier molecular flexibility index (Phi) is 6.32. The Balaban J connectivity index is 1.66. The van der Waals surface area contributed by atoms with Crippen molar-refractivity contribution in [3.8, 4) is 5.75 Å². The quantitative estimate of drug-likeness (QED) is 0.540. The second kappa shape index (κ2) is 8.93. The number of carboxylic acid groups (broad SMARTS) is 1. The van der Waals surface area contributed by atoms with E-state index in [1.165, 1.54) is 18.2 Å². The maximum atomic E-state index is 13.6. The van der Waals surface area contributed by atoms with Crippen LogP contribution in [-0.2, 0) is 19.6 Å². The molecule has 2 aromatic carbocycles. The number of nitrogens with zero attached hydrogens (tertiary/aromatic N) is 1. The standard InChI is InChI=1S/C21H21ClFN3O7S/c1-21(10-32-11-21)19(27)24-8-13-9-26(34(30,31)14-3-4-16(23)15(22)7-14)17-6-12(25-20(28)29)2-5-18(17)33-13/h2-7,13,25H,8-11H2,1H3,(H,24,27)(H,28,29). The fourth-order valence-corrected chi connectivity index (χ4v) is 5.34. The minimum Gasteiger partial charge on any atom is -0.484 e. The zero-order chi connectivity index (χ0) is 24.7. The second-order valence-electron chi connectivity index (χ2n) is 8.23. The van der Waals surface area contributed by atoms with Crippen LogP contribution in [0, 0.1) is 11.2 Å². The van der Waals surface area contributed by atoms with Crippen molar-refractivity contribution in [2.24, 2.45) is 5.41 Å². The lowest BCUT2D eigenvalue weighted by molar-refractivity contribution is -0.157. The van der Waals surface area contributed by atoms with Crippen molar-refractivity contribution < 1.29 is 37.0 Å². The average molecular weight is 514 g/mol. The van der Waals surface area contributed by atoms with Gasteiger partial charge in [0.25, 0.3) is 10.0 Å². The number of halogens is 2. The number of nitrogens with one attached hydrogen (secondary N) is 2. The monoisotopic (exact) mass is 513 g/mol. The summed E-state index contributed by atoms with van der Waals surface area (Å²) < 4.78 is 52.6. The molecule has 182 valence electrons. The molecule has 3 N–H and O–H groups in total. The van der Waals surface area contributed by atoms with Gasteiger partial charge in [-0.2, -0.15) is 0 Å². The van der Waals surface area contributed by atoms with E-state index in [-0.39, 0.29) is 46.0 Å². The molecule has 34 heavy (non-hydrogen) atoms. The summed E-state index contributed by atoms with van der Waals surface area (Å²) in [5.41, 5.74) is -0.453. The van der Waals surface area contributed by atoms with Crippen molar-refractivity contribution in [3.05, 3.63) is 47.2 Å². The first kappa shape index (κ1) is 24.0. The first-order chi connectivity index (χ1) is 16.0. The predicted octanol–water partition coefficient (Wildman–Crippen LogP) is 2.68. The molecule has 1 saturated heterocycles. The summed E-state index contributed by atoms with van der Waals surface area (Å²) in [6.45, 7) is 2.15.